The van der Waals surface area contributed by atoms with Gasteiger partial charge >= 0.3 is 0 Å². The maximum atomic E-state index is 12.9. The van der Waals surface area contributed by atoms with Crippen molar-refractivity contribution in [1.29, 1.82) is 0 Å². The van der Waals surface area contributed by atoms with E-state index in [0.29, 0.717) is 19.0 Å². The van der Waals surface area contributed by atoms with E-state index < -0.39 is 0 Å². The maximum Gasteiger partial charge on any atom is 0.191 e. The van der Waals surface area contributed by atoms with E-state index >= 15 is 0 Å². The zero-order valence-corrected chi connectivity index (χ0v) is 12.6. The van der Waals surface area contributed by atoms with Crippen molar-refractivity contribution in [2.45, 2.75) is 6.42 Å². The highest BCUT2D eigenvalue weighted by Crippen LogP contribution is 2.03. The lowest BCUT2D eigenvalue weighted by Crippen LogP contribution is -2.38. The van der Waals surface area contributed by atoms with Gasteiger partial charge in [-0.1, -0.05) is 18.1 Å². The Hall–Kier alpha value is -1.29. The Morgan fingerprint density at radius 1 is 1.44 bits per heavy atom. The Morgan fingerprint density at radius 2 is 2.22 bits per heavy atom. The quantitative estimate of drug-likeness (QED) is 0.371. The predicted octanol–water partition coefficient (Wildman–Crippen LogP) is 1.78. The molecular formula is C13H17FIN3. The van der Waals surface area contributed by atoms with Crippen LogP contribution in [0.25, 0.3) is 0 Å². The van der Waals surface area contributed by atoms with Crippen molar-refractivity contribution >= 4 is 29.9 Å². The van der Waals surface area contributed by atoms with Crippen LogP contribution in [0.5, 0.6) is 0 Å². The van der Waals surface area contributed by atoms with Gasteiger partial charge in [0.05, 0.1) is 6.54 Å². The van der Waals surface area contributed by atoms with Crippen LogP contribution < -0.4 is 10.6 Å². The topological polar surface area (TPSA) is 36.4 Å². The lowest BCUT2D eigenvalue weighted by atomic mass is 10.1. The average molecular weight is 361 g/mol. The monoisotopic (exact) mass is 361 g/mol. The van der Waals surface area contributed by atoms with E-state index in [4.69, 9.17) is 6.42 Å². The number of terminal acetylenes is 1. The van der Waals surface area contributed by atoms with Crippen LogP contribution in [0, 0.1) is 18.2 Å². The molecule has 98 valence electrons. The molecule has 1 aromatic rings. The largest absolute Gasteiger partial charge is 0.356 e. The minimum Gasteiger partial charge on any atom is -0.356 e. The van der Waals surface area contributed by atoms with Gasteiger partial charge in [-0.15, -0.1) is 30.4 Å². The zero-order valence-electron chi connectivity index (χ0n) is 10.2. The normalized spacial score (nSPS) is 10.2. The van der Waals surface area contributed by atoms with E-state index in [-0.39, 0.29) is 29.8 Å². The van der Waals surface area contributed by atoms with E-state index in [1.807, 2.05) is 6.07 Å². The molecule has 0 radical (unpaired) electrons. The molecular weight excluding hydrogens is 344 g/mol. The maximum absolute atomic E-state index is 12.9. The molecule has 0 aliphatic heterocycles. The smallest absolute Gasteiger partial charge is 0.191 e. The Kier molecular flexibility index (Phi) is 9.01. The van der Waals surface area contributed by atoms with Gasteiger partial charge < -0.3 is 10.6 Å². The second-order valence-corrected chi connectivity index (χ2v) is 3.44. The van der Waals surface area contributed by atoms with Gasteiger partial charge in [0, 0.05) is 13.6 Å². The zero-order chi connectivity index (χ0) is 12.5. The third-order valence-corrected chi connectivity index (χ3v) is 2.18. The number of guanidine groups is 1. The Bertz CT molecular complexity index is 426. The van der Waals surface area contributed by atoms with Crippen LogP contribution in [0.2, 0.25) is 0 Å². The number of aliphatic imine (C=N–C) groups is 1. The minimum atomic E-state index is -0.211. The molecule has 0 saturated heterocycles. The summed E-state index contributed by atoms with van der Waals surface area (Å²) in [6.07, 6.45) is 5.86. The third-order valence-electron chi connectivity index (χ3n) is 2.18. The number of hydrogen-bond acceptors (Lipinski definition) is 1. The van der Waals surface area contributed by atoms with Crippen molar-refractivity contribution < 1.29 is 4.39 Å². The molecule has 2 N–H and O–H groups in total. The molecule has 0 atom stereocenters. The van der Waals surface area contributed by atoms with Gasteiger partial charge in [-0.25, -0.2) is 4.39 Å². The van der Waals surface area contributed by atoms with Crippen LogP contribution in [-0.2, 0) is 6.42 Å². The first-order valence-electron chi connectivity index (χ1n) is 5.38. The number of rotatable bonds is 4. The number of benzene rings is 1. The van der Waals surface area contributed by atoms with Gasteiger partial charge in [0.1, 0.15) is 5.82 Å². The van der Waals surface area contributed by atoms with Crippen LogP contribution in [0.4, 0.5) is 4.39 Å². The summed E-state index contributed by atoms with van der Waals surface area (Å²) in [5.74, 6) is 2.91. The number of nitrogens with zero attached hydrogens (tertiary/aromatic N) is 1. The molecule has 0 heterocycles. The fraction of sp³-hybridized carbons (Fsp3) is 0.308. The number of hydrogen-bond donors (Lipinski definition) is 2. The molecule has 3 nitrogen and oxygen atoms in total. The van der Waals surface area contributed by atoms with Crippen molar-refractivity contribution in [3.05, 3.63) is 35.6 Å². The molecule has 0 unspecified atom stereocenters. The second kappa shape index (κ2) is 9.71. The van der Waals surface area contributed by atoms with Crippen LogP contribution in [-0.4, -0.2) is 26.1 Å². The van der Waals surface area contributed by atoms with Crippen LogP contribution in [0.3, 0.4) is 0 Å². The lowest BCUT2D eigenvalue weighted by molar-refractivity contribution is 0.625. The summed E-state index contributed by atoms with van der Waals surface area (Å²) in [5.41, 5.74) is 0.949. The first-order chi connectivity index (χ1) is 8.26. The van der Waals surface area contributed by atoms with Crippen LogP contribution in [0.1, 0.15) is 5.56 Å². The summed E-state index contributed by atoms with van der Waals surface area (Å²) in [4.78, 5) is 4.00. The highest BCUT2D eigenvalue weighted by Gasteiger charge is 1.97. The molecule has 0 spiro atoms. The fourth-order valence-electron chi connectivity index (χ4n) is 1.37. The van der Waals surface area contributed by atoms with Gasteiger partial charge in [-0.3, -0.25) is 4.99 Å². The molecule has 0 aliphatic rings. The molecule has 0 aromatic heterocycles. The average Bonchev–Trinajstić information content (AvgIpc) is 2.33. The molecule has 0 bridgehead atoms. The van der Waals surface area contributed by atoms with E-state index in [0.717, 1.165) is 12.0 Å². The van der Waals surface area contributed by atoms with Crippen LogP contribution >= 0.6 is 24.0 Å². The molecule has 0 amide bonds. The summed E-state index contributed by atoms with van der Waals surface area (Å²) in [7, 11) is 1.67. The SMILES string of the molecule is C#CCNC(=NC)NCCc1cccc(F)c1.I. The molecule has 5 heteroatoms. The van der Waals surface area contributed by atoms with E-state index in [2.05, 4.69) is 21.5 Å². The molecule has 0 fully saturated rings. The first kappa shape index (κ1) is 16.7. The number of nitrogens with one attached hydrogen (secondary N) is 2. The molecule has 1 rings (SSSR count). The summed E-state index contributed by atoms with van der Waals surface area (Å²) in [6, 6.07) is 6.56. The highest BCUT2D eigenvalue weighted by atomic mass is 127. The number of halogens is 2. The van der Waals surface area contributed by atoms with Crippen molar-refractivity contribution in [2.75, 3.05) is 20.1 Å². The predicted molar refractivity (Wildman–Crippen MR) is 83.7 cm³/mol. The van der Waals surface area contributed by atoms with Crippen molar-refractivity contribution in [3.8, 4) is 12.3 Å². The highest BCUT2D eigenvalue weighted by molar-refractivity contribution is 14.0. The molecule has 0 aliphatic carbocycles. The molecule has 0 saturated carbocycles. The van der Waals surface area contributed by atoms with Gasteiger partial charge in [-0.2, -0.15) is 0 Å². The minimum absolute atomic E-state index is 0. The fourth-order valence-corrected chi connectivity index (χ4v) is 1.37. The van der Waals surface area contributed by atoms with E-state index in [9.17, 15) is 4.39 Å². The summed E-state index contributed by atoms with van der Waals surface area (Å²) < 4.78 is 12.9. The Morgan fingerprint density at radius 3 is 2.83 bits per heavy atom. The van der Waals surface area contributed by atoms with Crippen LogP contribution in [0.15, 0.2) is 29.3 Å². The third kappa shape index (κ3) is 6.45. The van der Waals surface area contributed by atoms with Gasteiger partial charge in [0.15, 0.2) is 5.96 Å². The van der Waals surface area contributed by atoms with Gasteiger partial charge in [0.2, 0.25) is 0 Å². The Labute approximate surface area is 124 Å². The lowest BCUT2D eigenvalue weighted by Gasteiger charge is -2.09. The van der Waals surface area contributed by atoms with Gasteiger partial charge in [-0.05, 0) is 24.1 Å². The summed E-state index contributed by atoms with van der Waals surface area (Å²) >= 11 is 0. The second-order valence-electron chi connectivity index (χ2n) is 3.44. The summed E-state index contributed by atoms with van der Waals surface area (Å²) in [6.45, 7) is 1.10. The summed E-state index contributed by atoms with van der Waals surface area (Å²) in [5, 5.41) is 6.04. The van der Waals surface area contributed by atoms with Gasteiger partial charge in [0.25, 0.3) is 0 Å². The van der Waals surface area contributed by atoms with E-state index in [1.165, 1.54) is 12.1 Å². The molecule has 1 aromatic carbocycles. The van der Waals surface area contributed by atoms with E-state index in [1.54, 1.807) is 13.1 Å². The van der Waals surface area contributed by atoms with Crippen molar-refractivity contribution in [2.24, 2.45) is 4.99 Å². The standard InChI is InChI=1S/C13H16FN3.HI/c1-3-8-16-13(15-2)17-9-7-11-5-4-6-12(14)10-11;/h1,4-6,10H,7-9H2,2H3,(H2,15,16,17);1H. The Balaban J connectivity index is 0.00000289. The molecule has 18 heavy (non-hydrogen) atoms. The first-order valence-corrected chi connectivity index (χ1v) is 5.38. The van der Waals surface area contributed by atoms with Crippen molar-refractivity contribution in [3.63, 3.8) is 0 Å². The van der Waals surface area contributed by atoms with Crippen molar-refractivity contribution in [1.82, 2.24) is 10.6 Å².